The van der Waals surface area contributed by atoms with E-state index in [4.69, 9.17) is 4.74 Å². The Hall–Kier alpha value is -1.29. The first-order chi connectivity index (χ1) is 8.13. The maximum atomic E-state index is 5.53. The molecule has 0 unspecified atom stereocenters. The summed E-state index contributed by atoms with van der Waals surface area (Å²) >= 11 is 3.53. The van der Waals surface area contributed by atoms with E-state index in [1.165, 1.54) is 0 Å². The highest BCUT2D eigenvalue weighted by atomic mass is 79.9. The molecule has 1 heterocycles. The van der Waals surface area contributed by atoms with Crippen LogP contribution in [-0.2, 0) is 7.05 Å². The summed E-state index contributed by atoms with van der Waals surface area (Å²) in [6.07, 6.45) is 1.80. The average molecular weight is 295 g/mol. The van der Waals surface area contributed by atoms with Crippen LogP contribution in [0.3, 0.4) is 0 Å². The maximum absolute atomic E-state index is 5.53. The van der Waals surface area contributed by atoms with Crippen molar-refractivity contribution in [2.45, 2.75) is 13.8 Å². The number of rotatable bonds is 3. The van der Waals surface area contributed by atoms with Crippen molar-refractivity contribution in [3.63, 3.8) is 0 Å². The van der Waals surface area contributed by atoms with Crippen LogP contribution in [0.25, 0.3) is 11.3 Å². The SMILES string of the molecule is CCOc1ccc(-c2ncn(C)c2Br)cc1C. The molecule has 4 heteroatoms. The van der Waals surface area contributed by atoms with Gasteiger partial charge in [0.2, 0.25) is 0 Å². The predicted octanol–water partition coefficient (Wildman–Crippen LogP) is 3.56. The first-order valence-electron chi connectivity index (χ1n) is 5.54. The molecule has 0 aliphatic rings. The number of benzene rings is 1. The molecule has 0 amide bonds. The lowest BCUT2D eigenvalue weighted by Crippen LogP contribution is -1.94. The van der Waals surface area contributed by atoms with Gasteiger partial charge in [0.05, 0.1) is 12.9 Å². The quantitative estimate of drug-likeness (QED) is 0.865. The average Bonchev–Trinajstić information content (AvgIpc) is 2.63. The second kappa shape index (κ2) is 4.92. The molecule has 0 spiro atoms. The van der Waals surface area contributed by atoms with Gasteiger partial charge in [0.15, 0.2) is 0 Å². The van der Waals surface area contributed by atoms with Gasteiger partial charge in [-0.2, -0.15) is 0 Å². The molecular weight excluding hydrogens is 280 g/mol. The summed E-state index contributed by atoms with van der Waals surface area (Å²) in [5.41, 5.74) is 3.18. The van der Waals surface area contributed by atoms with Gasteiger partial charge in [-0.25, -0.2) is 4.98 Å². The summed E-state index contributed by atoms with van der Waals surface area (Å²) in [6.45, 7) is 4.72. The van der Waals surface area contributed by atoms with Crippen molar-refractivity contribution in [1.29, 1.82) is 0 Å². The molecule has 1 aromatic heterocycles. The molecule has 0 atom stereocenters. The van der Waals surface area contributed by atoms with Gasteiger partial charge in [0.25, 0.3) is 0 Å². The molecule has 0 saturated carbocycles. The molecule has 0 bridgehead atoms. The van der Waals surface area contributed by atoms with Gasteiger partial charge in [0.1, 0.15) is 16.0 Å². The molecule has 17 heavy (non-hydrogen) atoms. The third-order valence-electron chi connectivity index (χ3n) is 2.61. The monoisotopic (exact) mass is 294 g/mol. The van der Waals surface area contributed by atoms with Crippen molar-refractivity contribution in [1.82, 2.24) is 9.55 Å². The van der Waals surface area contributed by atoms with Crippen LogP contribution in [0.1, 0.15) is 12.5 Å². The lowest BCUT2D eigenvalue weighted by Gasteiger charge is -2.08. The number of aromatic nitrogens is 2. The lowest BCUT2D eigenvalue weighted by atomic mass is 10.1. The van der Waals surface area contributed by atoms with Crippen LogP contribution in [0.15, 0.2) is 29.1 Å². The van der Waals surface area contributed by atoms with E-state index in [1.807, 2.05) is 37.6 Å². The van der Waals surface area contributed by atoms with E-state index in [2.05, 4.69) is 27.0 Å². The largest absolute Gasteiger partial charge is 0.494 e. The van der Waals surface area contributed by atoms with Crippen molar-refractivity contribution < 1.29 is 4.74 Å². The number of aryl methyl sites for hydroxylation is 2. The normalized spacial score (nSPS) is 10.6. The fourth-order valence-corrected chi connectivity index (χ4v) is 2.15. The molecule has 90 valence electrons. The molecule has 2 rings (SSSR count). The molecule has 0 aliphatic carbocycles. The Balaban J connectivity index is 2.41. The van der Waals surface area contributed by atoms with Gasteiger partial charge in [0, 0.05) is 12.6 Å². The second-order valence-corrected chi connectivity index (χ2v) is 4.66. The first kappa shape index (κ1) is 12.2. The van der Waals surface area contributed by atoms with E-state index in [9.17, 15) is 0 Å². The van der Waals surface area contributed by atoms with Gasteiger partial charge in [-0.3, -0.25) is 0 Å². The number of hydrogen-bond donors (Lipinski definition) is 0. The molecule has 3 nitrogen and oxygen atoms in total. The Kier molecular flexibility index (Phi) is 3.52. The van der Waals surface area contributed by atoms with E-state index in [0.717, 1.165) is 27.2 Å². The molecule has 0 aliphatic heterocycles. The predicted molar refractivity (Wildman–Crippen MR) is 72.3 cm³/mol. The Morgan fingerprint density at radius 1 is 1.41 bits per heavy atom. The minimum atomic E-state index is 0.688. The van der Waals surface area contributed by atoms with Crippen LogP contribution in [0.4, 0.5) is 0 Å². The van der Waals surface area contributed by atoms with Crippen molar-refractivity contribution >= 4 is 15.9 Å². The Bertz CT molecular complexity index is 534. The third kappa shape index (κ3) is 2.36. The Morgan fingerprint density at radius 3 is 2.71 bits per heavy atom. The van der Waals surface area contributed by atoms with E-state index < -0.39 is 0 Å². The molecule has 2 aromatic rings. The highest BCUT2D eigenvalue weighted by Crippen LogP contribution is 2.29. The maximum Gasteiger partial charge on any atom is 0.122 e. The zero-order chi connectivity index (χ0) is 12.4. The molecule has 0 N–H and O–H groups in total. The smallest absolute Gasteiger partial charge is 0.122 e. The summed E-state index contributed by atoms with van der Waals surface area (Å²) in [4.78, 5) is 4.38. The van der Waals surface area contributed by atoms with Crippen molar-refractivity contribution in [3.05, 3.63) is 34.7 Å². The highest BCUT2D eigenvalue weighted by molar-refractivity contribution is 9.10. The second-order valence-electron chi connectivity index (χ2n) is 3.91. The minimum Gasteiger partial charge on any atom is -0.494 e. The van der Waals surface area contributed by atoms with Crippen LogP contribution >= 0.6 is 15.9 Å². The van der Waals surface area contributed by atoms with Gasteiger partial charge < -0.3 is 9.30 Å². The van der Waals surface area contributed by atoms with E-state index >= 15 is 0 Å². The first-order valence-corrected chi connectivity index (χ1v) is 6.33. The summed E-state index contributed by atoms with van der Waals surface area (Å²) in [5.74, 6) is 0.934. The topological polar surface area (TPSA) is 27.1 Å². The van der Waals surface area contributed by atoms with E-state index in [0.29, 0.717) is 6.61 Å². The fraction of sp³-hybridized carbons (Fsp3) is 0.308. The van der Waals surface area contributed by atoms with Crippen LogP contribution < -0.4 is 4.74 Å². The zero-order valence-electron chi connectivity index (χ0n) is 10.2. The number of imidazole rings is 1. The highest BCUT2D eigenvalue weighted by Gasteiger charge is 2.09. The van der Waals surface area contributed by atoms with Crippen LogP contribution in [0.5, 0.6) is 5.75 Å². The molecule has 0 fully saturated rings. The summed E-state index contributed by atoms with van der Waals surface area (Å²) in [5, 5.41) is 0. The van der Waals surface area contributed by atoms with Gasteiger partial charge in [-0.05, 0) is 53.5 Å². The van der Waals surface area contributed by atoms with Crippen molar-refractivity contribution in [3.8, 4) is 17.0 Å². The van der Waals surface area contributed by atoms with Gasteiger partial charge in [-0.1, -0.05) is 0 Å². The van der Waals surface area contributed by atoms with Crippen molar-refractivity contribution in [2.75, 3.05) is 6.61 Å². The van der Waals surface area contributed by atoms with Crippen molar-refractivity contribution in [2.24, 2.45) is 7.05 Å². The molecule has 1 aromatic carbocycles. The number of halogens is 1. The third-order valence-corrected chi connectivity index (χ3v) is 3.55. The Labute approximate surface area is 110 Å². The standard InChI is InChI=1S/C13H15BrN2O/c1-4-17-11-6-5-10(7-9(11)2)12-13(14)16(3)8-15-12/h5-8H,4H2,1-3H3. The van der Waals surface area contributed by atoms with E-state index in [1.54, 1.807) is 6.33 Å². The van der Waals surface area contributed by atoms with Crippen LogP contribution in [0.2, 0.25) is 0 Å². The Morgan fingerprint density at radius 2 is 2.18 bits per heavy atom. The van der Waals surface area contributed by atoms with Gasteiger partial charge in [-0.15, -0.1) is 0 Å². The lowest BCUT2D eigenvalue weighted by molar-refractivity contribution is 0.338. The molecule has 0 radical (unpaired) electrons. The molecular formula is C13H15BrN2O. The number of nitrogens with zero attached hydrogens (tertiary/aromatic N) is 2. The van der Waals surface area contributed by atoms with Crippen LogP contribution in [0, 0.1) is 6.92 Å². The molecule has 0 saturated heterocycles. The van der Waals surface area contributed by atoms with Crippen LogP contribution in [-0.4, -0.2) is 16.2 Å². The zero-order valence-corrected chi connectivity index (χ0v) is 11.8. The minimum absolute atomic E-state index is 0.688. The van der Waals surface area contributed by atoms with Gasteiger partial charge >= 0.3 is 0 Å². The number of hydrogen-bond acceptors (Lipinski definition) is 2. The summed E-state index contributed by atoms with van der Waals surface area (Å²) < 4.78 is 8.46. The summed E-state index contributed by atoms with van der Waals surface area (Å²) in [6, 6.07) is 6.12. The fourth-order valence-electron chi connectivity index (χ4n) is 1.72. The summed E-state index contributed by atoms with van der Waals surface area (Å²) in [7, 11) is 1.96. The van der Waals surface area contributed by atoms with E-state index in [-0.39, 0.29) is 0 Å². The number of ether oxygens (including phenoxy) is 1.